The maximum absolute atomic E-state index is 5.50. The Morgan fingerprint density at radius 2 is 2.13 bits per heavy atom. The van der Waals surface area contributed by atoms with E-state index >= 15 is 0 Å². The number of nitrogens with one attached hydrogen (secondary N) is 1. The topological polar surface area (TPSA) is 60.2 Å². The van der Waals surface area contributed by atoms with Crippen LogP contribution in [0.5, 0.6) is 0 Å². The molecule has 1 aliphatic carbocycles. The summed E-state index contributed by atoms with van der Waals surface area (Å²) in [5.74, 6) is 1.32. The SMILES string of the molecule is CNCc1nnc(CC2(OC)CCC2)o1. The number of ether oxygens (including phenoxy) is 1. The average Bonchev–Trinajstić information content (AvgIpc) is 2.60. The van der Waals surface area contributed by atoms with Gasteiger partial charge in [0, 0.05) is 7.11 Å². The van der Waals surface area contributed by atoms with Crippen LogP contribution in [0.2, 0.25) is 0 Å². The number of aromatic nitrogens is 2. The van der Waals surface area contributed by atoms with Gasteiger partial charge in [0.05, 0.1) is 18.6 Å². The summed E-state index contributed by atoms with van der Waals surface area (Å²) in [5.41, 5.74) is -0.0382. The molecule has 0 atom stereocenters. The van der Waals surface area contributed by atoms with E-state index in [-0.39, 0.29) is 5.60 Å². The predicted molar refractivity (Wildman–Crippen MR) is 54.4 cm³/mol. The van der Waals surface area contributed by atoms with Crippen LogP contribution in [0.25, 0.3) is 0 Å². The van der Waals surface area contributed by atoms with Crippen molar-refractivity contribution in [2.75, 3.05) is 14.2 Å². The third kappa shape index (κ3) is 2.18. The van der Waals surface area contributed by atoms with Crippen molar-refractivity contribution in [1.82, 2.24) is 15.5 Å². The van der Waals surface area contributed by atoms with E-state index in [4.69, 9.17) is 9.15 Å². The molecule has 0 spiro atoms. The van der Waals surface area contributed by atoms with E-state index in [0.717, 1.165) is 19.3 Å². The van der Waals surface area contributed by atoms with Crippen molar-refractivity contribution in [2.45, 2.75) is 37.8 Å². The van der Waals surface area contributed by atoms with Gasteiger partial charge in [-0.2, -0.15) is 0 Å². The van der Waals surface area contributed by atoms with E-state index in [1.165, 1.54) is 6.42 Å². The standard InChI is InChI=1S/C10H17N3O2/c1-11-7-9-13-12-8(15-9)6-10(14-2)4-3-5-10/h11H,3-7H2,1-2H3. The van der Waals surface area contributed by atoms with Gasteiger partial charge in [0.25, 0.3) is 0 Å². The van der Waals surface area contributed by atoms with Crippen LogP contribution in [0.4, 0.5) is 0 Å². The first-order valence-electron chi connectivity index (χ1n) is 5.29. The largest absolute Gasteiger partial charge is 0.424 e. The van der Waals surface area contributed by atoms with Crippen LogP contribution in [-0.4, -0.2) is 30.0 Å². The van der Waals surface area contributed by atoms with Gasteiger partial charge in [-0.05, 0) is 26.3 Å². The maximum Gasteiger partial charge on any atom is 0.230 e. The van der Waals surface area contributed by atoms with Gasteiger partial charge >= 0.3 is 0 Å². The lowest BCUT2D eigenvalue weighted by Crippen LogP contribution is -2.41. The molecule has 1 N–H and O–H groups in total. The van der Waals surface area contributed by atoms with Crippen molar-refractivity contribution >= 4 is 0 Å². The third-order valence-corrected chi connectivity index (χ3v) is 3.01. The molecule has 5 nitrogen and oxygen atoms in total. The van der Waals surface area contributed by atoms with E-state index in [1.54, 1.807) is 7.11 Å². The second kappa shape index (κ2) is 4.28. The summed E-state index contributed by atoms with van der Waals surface area (Å²) in [6, 6.07) is 0. The Labute approximate surface area is 89.2 Å². The van der Waals surface area contributed by atoms with E-state index in [1.807, 2.05) is 7.05 Å². The molecule has 15 heavy (non-hydrogen) atoms. The van der Waals surface area contributed by atoms with Gasteiger partial charge in [0.15, 0.2) is 0 Å². The van der Waals surface area contributed by atoms with Crippen LogP contribution in [0.1, 0.15) is 31.0 Å². The van der Waals surface area contributed by atoms with Crippen LogP contribution in [-0.2, 0) is 17.7 Å². The van der Waals surface area contributed by atoms with Crippen molar-refractivity contribution < 1.29 is 9.15 Å². The molecule has 0 amide bonds. The fraction of sp³-hybridized carbons (Fsp3) is 0.800. The Morgan fingerprint density at radius 3 is 2.67 bits per heavy atom. The Balaban J connectivity index is 1.97. The molecule has 0 aromatic carbocycles. The number of hydrogen-bond acceptors (Lipinski definition) is 5. The van der Waals surface area contributed by atoms with Gasteiger partial charge in [0.2, 0.25) is 11.8 Å². The Hall–Kier alpha value is -0.940. The zero-order valence-electron chi connectivity index (χ0n) is 9.25. The van der Waals surface area contributed by atoms with Gasteiger partial charge in [0.1, 0.15) is 0 Å². The average molecular weight is 211 g/mol. The molecule has 1 aliphatic rings. The van der Waals surface area contributed by atoms with E-state index < -0.39 is 0 Å². The molecular weight excluding hydrogens is 194 g/mol. The molecule has 1 heterocycles. The van der Waals surface area contributed by atoms with Gasteiger partial charge in [-0.15, -0.1) is 10.2 Å². The molecule has 1 aromatic heterocycles. The van der Waals surface area contributed by atoms with Crippen LogP contribution < -0.4 is 5.32 Å². The summed E-state index contributed by atoms with van der Waals surface area (Å²) in [7, 11) is 3.61. The quantitative estimate of drug-likeness (QED) is 0.784. The van der Waals surface area contributed by atoms with Crippen molar-refractivity contribution in [3.63, 3.8) is 0 Å². The second-order valence-corrected chi connectivity index (χ2v) is 4.04. The van der Waals surface area contributed by atoms with Crippen molar-refractivity contribution in [3.8, 4) is 0 Å². The highest BCUT2D eigenvalue weighted by atomic mass is 16.5. The minimum absolute atomic E-state index is 0.0382. The molecule has 1 saturated carbocycles. The Kier molecular flexibility index (Phi) is 3.02. The normalized spacial score (nSPS) is 18.8. The van der Waals surface area contributed by atoms with Gasteiger partial charge in [-0.25, -0.2) is 0 Å². The van der Waals surface area contributed by atoms with Crippen LogP contribution in [0.3, 0.4) is 0 Å². The molecule has 0 saturated heterocycles. The summed E-state index contributed by atoms with van der Waals surface area (Å²) in [4.78, 5) is 0. The van der Waals surface area contributed by atoms with Gasteiger partial charge < -0.3 is 14.5 Å². The summed E-state index contributed by atoms with van der Waals surface area (Å²) in [6.07, 6.45) is 4.14. The number of nitrogens with zero attached hydrogens (tertiary/aromatic N) is 2. The van der Waals surface area contributed by atoms with E-state index in [9.17, 15) is 0 Å². The molecule has 5 heteroatoms. The number of hydrogen-bond donors (Lipinski definition) is 1. The molecular formula is C10H17N3O2. The summed E-state index contributed by atoms with van der Waals surface area (Å²) in [6.45, 7) is 0.618. The van der Waals surface area contributed by atoms with Crippen molar-refractivity contribution in [2.24, 2.45) is 0 Å². The second-order valence-electron chi connectivity index (χ2n) is 4.04. The molecule has 1 fully saturated rings. The molecule has 0 radical (unpaired) electrons. The van der Waals surface area contributed by atoms with E-state index in [0.29, 0.717) is 18.3 Å². The summed E-state index contributed by atoms with van der Waals surface area (Å²) < 4.78 is 11.0. The minimum Gasteiger partial charge on any atom is -0.424 e. The van der Waals surface area contributed by atoms with Gasteiger partial charge in [-0.3, -0.25) is 0 Å². The fourth-order valence-electron chi connectivity index (χ4n) is 1.88. The lowest BCUT2D eigenvalue weighted by atomic mass is 9.77. The first kappa shape index (κ1) is 10.6. The number of methoxy groups -OCH3 is 1. The van der Waals surface area contributed by atoms with Crippen LogP contribution >= 0.6 is 0 Å². The lowest BCUT2D eigenvalue weighted by Gasteiger charge is -2.39. The molecule has 0 aliphatic heterocycles. The zero-order valence-corrected chi connectivity index (χ0v) is 9.25. The zero-order chi connectivity index (χ0) is 10.7. The summed E-state index contributed by atoms with van der Waals surface area (Å²) >= 11 is 0. The molecule has 2 rings (SSSR count). The van der Waals surface area contributed by atoms with Crippen molar-refractivity contribution in [1.29, 1.82) is 0 Å². The minimum atomic E-state index is -0.0382. The van der Waals surface area contributed by atoms with Crippen LogP contribution in [0.15, 0.2) is 4.42 Å². The first-order chi connectivity index (χ1) is 7.28. The monoisotopic (exact) mass is 211 g/mol. The molecule has 0 unspecified atom stereocenters. The maximum atomic E-state index is 5.50. The highest BCUT2D eigenvalue weighted by molar-refractivity contribution is 4.97. The molecule has 84 valence electrons. The lowest BCUT2D eigenvalue weighted by molar-refractivity contribution is -0.0747. The Bertz CT molecular complexity index is 315. The predicted octanol–water partition coefficient (Wildman–Crippen LogP) is 0.901. The summed E-state index contributed by atoms with van der Waals surface area (Å²) in [5, 5.41) is 10.9. The fourth-order valence-corrected chi connectivity index (χ4v) is 1.88. The smallest absolute Gasteiger partial charge is 0.230 e. The van der Waals surface area contributed by atoms with E-state index in [2.05, 4.69) is 15.5 Å². The number of rotatable bonds is 5. The molecule has 1 aromatic rings. The molecule has 0 bridgehead atoms. The van der Waals surface area contributed by atoms with Crippen LogP contribution in [0, 0.1) is 0 Å². The highest BCUT2D eigenvalue weighted by Gasteiger charge is 2.38. The van der Waals surface area contributed by atoms with Gasteiger partial charge in [-0.1, -0.05) is 0 Å². The Morgan fingerprint density at radius 1 is 1.40 bits per heavy atom. The highest BCUT2D eigenvalue weighted by Crippen LogP contribution is 2.37. The first-order valence-corrected chi connectivity index (χ1v) is 5.29. The van der Waals surface area contributed by atoms with Crippen molar-refractivity contribution in [3.05, 3.63) is 11.8 Å². The third-order valence-electron chi connectivity index (χ3n) is 3.01.